The second-order valence-corrected chi connectivity index (χ2v) is 9.30. The van der Waals surface area contributed by atoms with Crippen LogP contribution in [0.5, 0.6) is 0 Å². The highest BCUT2D eigenvalue weighted by molar-refractivity contribution is 7.90. The van der Waals surface area contributed by atoms with Crippen molar-refractivity contribution in [3.63, 3.8) is 0 Å². The molecule has 3 amide bonds. The number of urea groups is 1. The number of hydrazine groups is 1. The average molecular weight is 416 g/mol. The molecule has 0 bridgehead atoms. The van der Waals surface area contributed by atoms with Crippen LogP contribution in [0.15, 0.2) is 47.4 Å². The third kappa shape index (κ3) is 4.76. The molecule has 0 aromatic heterocycles. The standard InChI is InChI=1S/C21H25N3O4S/c1-15-6-4-7-16(2)20(15)22-21(26)24-13-5-12-23(24)19(25)14-17-8-10-18(11-9-17)29(3,27)28/h4,6-11H,5,12-14H2,1-3H3,(H,22,26). The molecule has 1 saturated heterocycles. The summed E-state index contributed by atoms with van der Waals surface area (Å²) in [5.41, 5.74) is 3.38. The summed E-state index contributed by atoms with van der Waals surface area (Å²) in [6.07, 6.45) is 1.94. The van der Waals surface area contributed by atoms with E-state index in [1.54, 1.807) is 12.1 Å². The zero-order valence-corrected chi connectivity index (χ0v) is 17.6. The summed E-state index contributed by atoms with van der Waals surface area (Å²) in [5.74, 6) is -0.203. The SMILES string of the molecule is Cc1cccc(C)c1NC(=O)N1CCCN1C(=O)Cc1ccc(S(C)(=O)=O)cc1. The van der Waals surface area contributed by atoms with Crippen molar-refractivity contribution in [2.24, 2.45) is 0 Å². The number of benzene rings is 2. The van der Waals surface area contributed by atoms with Gasteiger partial charge in [-0.15, -0.1) is 0 Å². The molecule has 0 radical (unpaired) electrons. The molecule has 0 saturated carbocycles. The smallest absolute Gasteiger partial charge is 0.306 e. The van der Waals surface area contributed by atoms with Crippen molar-refractivity contribution in [3.8, 4) is 0 Å². The normalized spacial score (nSPS) is 14.2. The van der Waals surface area contributed by atoms with Crippen LogP contribution >= 0.6 is 0 Å². The first-order chi connectivity index (χ1) is 13.7. The van der Waals surface area contributed by atoms with E-state index >= 15 is 0 Å². The van der Waals surface area contributed by atoms with Crippen molar-refractivity contribution in [1.29, 1.82) is 0 Å². The van der Waals surface area contributed by atoms with Crippen LogP contribution in [-0.2, 0) is 21.1 Å². The second-order valence-electron chi connectivity index (χ2n) is 7.28. The third-order valence-corrected chi connectivity index (χ3v) is 6.10. The number of hydrogen-bond donors (Lipinski definition) is 1. The van der Waals surface area contributed by atoms with Crippen molar-refractivity contribution in [2.45, 2.75) is 31.6 Å². The Morgan fingerprint density at radius 1 is 0.966 bits per heavy atom. The Morgan fingerprint density at radius 2 is 1.55 bits per heavy atom. The highest BCUT2D eigenvalue weighted by atomic mass is 32.2. The number of para-hydroxylation sites is 1. The summed E-state index contributed by atoms with van der Waals surface area (Å²) in [4.78, 5) is 25.8. The Bertz CT molecular complexity index is 1010. The quantitative estimate of drug-likeness (QED) is 0.832. The van der Waals surface area contributed by atoms with Gasteiger partial charge in [-0.2, -0.15) is 0 Å². The van der Waals surface area contributed by atoms with Crippen LogP contribution in [0, 0.1) is 13.8 Å². The Morgan fingerprint density at radius 3 is 2.14 bits per heavy atom. The first-order valence-corrected chi connectivity index (χ1v) is 11.3. The van der Waals surface area contributed by atoms with Gasteiger partial charge in [0.05, 0.1) is 11.3 Å². The molecule has 1 heterocycles. The summed E-state index contributed by atoms with van der Waals surface area (Å²) >= 11 is 0. The van der Waals surface area contributed by atoms with E-state index in [-0.39, 0.29) is 23.3 Å². The number of anilines is 1. The molecule has 0 aliphatic carbocycles. The van der Waals surface area contributed by atoms with E-state index in [4.69, 9.17) is 0 Å². The van der Waals surface area contributed by atoms with Crippen molar-refractivity contribution in [2.75, 3.05) is 24.7 Å². The number of amides is 3. The lowest BCUT2D eigenvalue weighted by molar-refractivity contribution is -0.139. The monoisotopic (exact) mass is 415 g/mol. The first kappa shape index (κ1) is 20.9. The molecule has 2 aromatic rings. The predicted molar refractivity (Wildman–Crippen MR) is 111 cm³/mol. The molecular weight excluding hydrogens is 390 g/mol. The fourth-order valence-electron chi connectivity index (χ4n) is 3.39. The van der Waals surface area contributed by atoms with Crippen LogP contribution in [0.4, 0.5) is 10.5 Å². The lowest BCUT2D eigenvalue weighted by Crippen LogP contribution is -2.47. The maximum absolute atomic E-state index is 12.8. The Kier molecular flexibility index (Phi) is 5.93. The molecule has 8 heteroatoms. The number of rotatable bonds is 4. The molecule has 1 fully saturated rings. The number of nitrogens with one attached hydrogen (secondary N) is 1. The minimum Gasteiger partial charge on any atom is -0.306 e. The van der Waals surface area contributed by atoms with E-state index in [1.165, 1.54) is 22.2 Å². The summed E-state index contributed by atoms with van der Waals surface area (Å²) in [5, 5.41) is 5.83. The largest absolute Gasteiger partial charge is 0.340 e. The average Bonchev–Trinajstić information content (AvgIpc) is 3.14. The maximum Gasteiger partial charge on any atom is 0.340 e. The van der Waals surface area contributed by atoms with Crippen LogP contribution in [0.3, 0.4) is 0 Å². The number of sulfone groups is 1. The van der Waals surface area contributed by atoms with Crippen molar-refractivity contribution < 1.29 is 18.0 Å². The van der Waals surface area contributed by atoms with E-state index in [1.807, 2.05) is 32.0 Å². The second kappa shape index (κ2) is 8.24. The first-order valence-electron chi connectivity index (χ1n) is 9.41. The maximum atomic E-state index is 12.8. The molecule has 7 nitrogen and oxygen atoms in total. The third-order valence-electron chi connectivity index (χ3n) is 4.97. The predicted octanol–water partition coefficient (Wildman–Crippen LogP) is 2.93. The van der Waals surface area contributed by atoms with Gasteiger partial charge in [0.2, 0.25) is 5.91 Å². The van der Waals surface area contributed by atoms with Gasteiger partial charge in [-0.05, 0) is 49.1 Å². The van der Waals surface area contributed by atoms with Gasteiger partial charge in [-0.25, -0.2) is 23.2 Å². The van der Waals surface area contributed by atoms with Crippen LogP contribution < -0.4 is 5.32 Å². The zero-order chi connectivity index (χ0) is 21.2. The topological polar surface area (TPSA) is 86.8 Å². The number of nitrogens with zero attached hydrogens (tertiary/aromatic N) is 2. The van der Waals surface area contributed by atoms with E-state index in [2.05, 4.69) is 5.32 Å². The highest BCUT2D eigenvalue weighted by Gasteiger charge is 2.31. The summed E-state index contributed by atoms with van der Waals surface area (Å²) in [7, 11) is -3.28. The molecule has 29 heavy (non-hydrogen) atoms. The fraction of sp³-hybridized carbons (Fsp3) is 0.333. The lowest BCUT2D eigenvalue weighted by atomic mass is 10.1. The Balaban J connectivity index is 1.69. The minimum atomic E-state index is -3.28. The summed E-state index contributed by atoms with van der Waals surface area (Å²) < 4.78 is 23.1. The van der Waals surface area contributed by atoms with E-state index in [0.29, 0.717) is 25.1 Å². The van der Waals surface area contributed by atoms with Gasteiger partial charge in [0, 0.05) is 25.0 Å². The molecule has 1 N–H and O–H groups in total. The van der Waals surface area contributed by atoms with Gasteiger partial charge in [0.25, 0.3) is 0 Å². The van der Waals surface area contributed by atoms with Crippen molar-refractivity contribution >= 4 is 27.5 Å². The van der Waals surface area contributed by atoms with Crippen molar-refractivity contribution in [3.05, 3.63) is 59.2 Å². The molecule has 0 unspecified atom stereocenters. The van der Waals surface area contributed by atoms with Gasteiger partial charge in [0.15, 0.2) is 9.84 Å². The molecule has 1 aliphatic heterocycles. The summed E-state index contributed by atoms with van der Waals surface area (Å²) in [6.45, 7) is 4.79. The van der Waals surface area contributed by atoms with Gasteiger partial charge in [-0.3, -0.25) is 4.79 Å². The molecule has 2 aromatic carbocycles. The van der Waals surface area contributed by atoms with Crippen LogP contribution in [-0.4, -0.2) is 49.7 Å². The molecule has 0 atom stereocenters. The number of hydrogen-bond acceptors (Lipinski definition) is 4. The van der Waals surface area contributed by atoms with Gasteiger partial charge < -0.3 is 5.32 Å². The Hall–Kier alpha value is -2.87. The van der Waals surface area contributed by atoms with E-state index < -0.39 is 9.84 Å². The van der Waals surface area contributed by atoms with Crippen LogP contribution in [0.25, 0.3) is 0 Å². The zero-order valence-electron chi connectivity index (χ0n) is 16.8. The highest BCUT2D eigenvalue weighted by Crippen LogP contribution is 2.22. The van der Waals surface area contributed by atoms with Crippen molar-refractivity contribution in [1.82, 2.24) is 10.0 Å². The minimum absolute atomic E-state index is 0.0945. The molecule has 154 valence electrons. The molecular formula is C21H25N3O4S. The number of carbonyl (C=O) groups excluding carboxylic acids is 2. The lowest BCUT2D eigenvalue weighted by Gasteiger charge is -2.28. The molecule has 0 spiro atoms. The van der Waals surface area contributed by atoms with Gasteiger partial charge in [-0.1, -0.05) is 30.3 Å². The number of aryl methyl sites for hydroxylation is 2. The number of carbonyl (C=O) groups is 2. The van der Waals surface area contributed by atoms with Gasteiger partial charge >= 0.3 is 6.03 Å². The van der Waals surface area contributed by atoms with E-state index in [0.717, 1.165) is 23.1 Å². The fourth-order valence-corrected chi connectivity index (χ4v) is 4.02. The van der Waals surface area contributed by atoms with Gasteiger partial charge in [0.1, 0.15) is 0 Å². The molecule has 1 aliphatic rings. The summed E-state index contributed by atoms with van der Waals surface area (Å²) in [6, 6.07) is 11.7. The van der Waals surface area contributed by atoms with Crippen LogP contribution in [0.1, 0.15) is 23.1 Å². The van der Waals surface area contributed by atoms with Crippen LogP contribution in [0.2, 0.25) is 0 Å². The molecule has 3 rings (SSSR count). The Labute approximate surface area is 171 Å². The van der Waals surface area contributed by atoms with E-state index in [9.17, 15) is 18.0 Å².